The summed E-state index contributed by atoms with van der Waals surface area (Å²) in [6.45, 7) is 5.42. The predicted octanol–water partition coefficient (Wildman–Crippen LogP) is 3.14. The first-order chi connectivity index (χ1) is 13.0. The van der Waals surface area contributed by atoms with Crippen LogP contribution < -0.4 is 14.8 Å². The van der Waals surface area contributed by atoms with Crippen molar-refractivity contribution in [3.63, 3.8) is 0 Å². The maximum absolute atomic E-state index is 12.3. The number of fused-ring (bicyclic) bond motifs is 1. The number of anilines is 1. The molecule has 0 saturated carbocycles. The van der Waals surface area contributed by atoms with Gasteiger partial charge in [-0.15, -0.1) is 0 Å². The molecule has 0 atom stereocenters. The fraction of sp³-hybridized carbons (Fsp3) is 0.333. The second-order valence-corrected chi connectivity index (χ2v) is 6.59. The van der Waals surface area contributed by atoms with Crippen LogP contribution in [0.3, 0.4) is 0 Å². The number of hydrogen-bond acceptors (Lipinski definition) is 4. The molecule has 0 saturated heterocycles. The van der Waals surface area contributed by atoms with E-state index in [2.05, 4.69) is 5.32 Å². The van der Waals surface area contributed by atoms with Crippen LogP contribution in [0.2, 0.25) is 0 Å². The number of rotatable bonds is 6. The van der Waals surface area contributed by atoms with Gasteiger partial charge in [-0.1, -0.05) is 29.8 Å². The monoisotopic (exact) mass is 368 g/mol. The molecule has 0 aromatic heterocycles. The minimum Gasteiger partial charge on any atom is -0.486 e. The molecule has 0 fully saturated rings. The van der Waals surface area contributed by atoms with Gasteiger partial charge in [0.05, 0.1) is 0 Å². The number of nitrogens with zero attached hydrogens (tertiary/aromatic N) is 1. The average Bonchev–Trinajstić information content (AvgIpc) is 2.65. The van der Waals surface area contributed by atoms with Crippen molar-refractivity contribution in [2.24, 2.45) is 0 Å². The van der Waals surface area contributed by atoms with E-state index in [1.165, 1.54) is 6.92 Å². The standard InChI is InChI=1S/C21H24N2O4/c1-15-4-3-5-17(12-15)14-23(16(2)24)9-8-21(25)22-18-6-7-19-20(13-18)27-11-10-26-19/h3-7,12-13H,8-11,14H2,1-2H3,(H,22,25). The summed E-state index contributed by atoms with van der Waals surface area (Å²) in [4.78, 5) is 25.9. The molecule has 3 rings (SSSR count). The van der Waals surface area contributed by atoms with Crippen LogP contribution in [-0.4, -0.2) is 36.5 Å². The Balaban J connectivity index is 1.55. The first-order valence-corrected chi connectivity index (χ1v) is 9.02. The number of hydrogen-bond donors (Lipinski definition) is 1. The molecule has 2 amide bonds. The van der Waals surface area contributed by atoms with Gasteiger partial charge in [-0.25, -0.2) is 0 Å². The van der Waals surface area contributed by atoms with Crippen molar-refractivity contribution >= 4 is 17.5 Å². The van der Waals surface area contributed by atoms with Crippen LogP contribution in [0, 0.1) is 6.92 Å². The van der Waals surface area contributed by atoms with Crippen molar-refractivity contribution in [1.29, 1.82) is 0 Å². The minimum absolute atomic E-state index is 0.0522. The second-order valence-electron chi connectivity index (χ2n) is 6.59. The molecular formula is C21H24N2O4. The van der Waals surface area contributed by atoms with Gasteiger partial charge in [-0.05, 0) is 24.6 Å². The van der Waals surface area contributed by atoms with E-state index in [0.29, 0.717) is 43.5 Å². The predicted molar refractivity (Wildman–Crippen MR) is 103 cm³/mol. The molecule has 1 aliphatic heterocycles. The Kier molecular flexibility index (Phi) is 5.96. The summed E-state index contributed by atoms with van der Waals surface area (Å²) in [6.07, 6.45) is 0.222. The lowest BCUT2D eigenvalue weighted by atomic mass is 10.1. The highest BCUT2D eigenvalue weighted by Crippen LogP contribution is 2.32. The van der Waals surface area contributed by atoms with E-state index in [0.717, 1.165) is 11.1 Å². The summed E-state index contributed by atoms with van der Waals surface area (Å²) >= 11 is 0. The molecule has 0 aliphatic carbocycles. The molecule has 1 heterocycles. The van der Waals surface area contributed by atoms with E-state index < -0.39 is 0 Å². The maximum atomic E-state index is 12.3. The Bertz CT molecular complexity index is 835. The molecule has 27 heavy (non-hydrogen) atoms. The SMILES string of the molecule is CC(=O)N(CCC(=O)Nc1ccc2c(c1)OCCO2)Cc1cccc(C)c1. The normalized spacial score (nSPS) is 12.4. The quantitative estimate of drug-likeness (QED) is 0.851. The van der Waals surface area contributed by atoms with E-state index in [4.69, 9.17) is 9.47 Å². The van der Waals surface area contributed by atoms with Crippen LogP contribution >= 0.6 is 0 Å². The van der Waals surface area contributed by atoms with E-state index in [1.54, 1.807) is 23.1 Å². The largest absolute Gasteiger partial charge is 0.486 e. The third-order valence-electron chi connectivity index (χ3n) is 4.34. The molecular weight excluding hydrogens is 344 g/mol. The lowest BCUT2D eigenvalue weighted by Crippen LogP contribution is -2.31. The highest BCUT2D eigenvalue weighted by atomic mass is 16.6. The molecule has 6 heteroatoms. The summed E-state index contributed by atoms with van der Waals surface area (Å²) in [5, 5.41) is 2.85. The molecule has 0 bridgehead atoms. The average molecular weight is 368 g/mol. The number of benzene rings is 2. The molecule has 0 spiro atoms. The number of amides is 2. The molecule has 1 aliphatic rings. The van der Waals surface area contributed by atoms with Gasteiger partial charge < -0.3 is 19.7 Å². The Labute approximate surface area is 159 Å². The number of aryl methyl sites for hydroxylation is 1. The van der Waals surface area contributed by atoms with Gasteiger partial charge in [-0.3, -0.25) is 9.59 Å². The summed E-state index contributed by atoms with van der Waals surface area (Å²) in [5.74, 6) is 1.11. The Hall–Kier alpha value is -3.02. The van der Waals surface area contributed by atoms with E-state index in [9.17, 15) is 9.59 Å². The van der Waals surface area contributed by atoms with E-state index >= 15 is 0 Å². The number of carbonyl (C=O) groups excluding carboxylic acids is 2. The fourth-order valence-corrected chi connectivity index (χ4v) is 2.96. The highest BCUT2D eigenvalue weighted by Gasteiger charge is 2.15. The van der Waals surface area contributed by atoms with Crippen molar-refractivity contribution in [3.05, 3.63) is 53.6 Å². The van der Waals surface area contributed by atoms with Crippen LogP contribution in [0.4, 0.5) is 5.69 Å². The van der Waals surface area contributed by atoms with Gasteiger partial charge in [0, 0.05) is 38.2 Å². The van der Waals surface area contributed by atoms with E-state index in [-0.39, 0.29) is 18.2 Å². The molecule has 0 unspecified atom stereocenters. The van der Waals surface area contributed by atoms with Crippen LogP contribution in [0.25, 0.3) is 0 Å². The summed E-state index contributed by atoms with van der Waals surface area (Å²) < 4.78 is 11.0. The zero-order valence-electron chi connectivity index (χ0n) is 15.7. The van der Waals surface area contributed by atoms with Gasteiger partial charge in [0.15, 0.2) is 11.5 Å². The van der Waals surface area contributed by atoms with Crippen molar-refractivity contribution < 1.29 is 19.1 Å². The van der Waals surface area contributed by atoms with Crippen molar-refractivity contribution in [2.75, 3.05) is 25.1 Å². The second kappa shape index (κ2) is 8.58. The summed E-state index contributed by atoms with van der Waals surface area (Å²) in [5.41, 5.74) is 2.85. The third kappa shape index (κ3) is 5.23. The summed E-state index contributed by atoms with van der Waals surface area (Å²) in [7, 11) is 0. The molecule has 142 valence electrons. The lowest BCUT2D eigenvalue weighted by molar-refractivity contribution is -0.129. The Morgan fingerprint density at radius 1 is 1.07 bits per heavy atom. The molecule has 0 radical (unpaired) electrons. The first-order valence-electron chi connectivity index (χ1n) is 9.02. The van der Waals surface area contributed by atoms with Crippen LogP contribution in [-0.2, 0) is 16.1 Å². The molecule has 1 N–H and O–H groups in total. The van der Waals surface area contributed by atoms with Gasteiger partial charge in [-0.2, -0.15) is 0 Å². The zero-order chi connectivity index (χ0) is 19.2. The fourth-order valence-electron chi connectivity index (χ4n) is 2.96. The number of nitrogens with one attached hydrogen (secondary N) is 1. The van der Waals surface area contributed by atoms with Gasteiger partial charge in [0.25, 0.3) is 0 Å². The number of ether oxygens (including phenoxy) is 2. The molecule has 2 aromatic rings. The van der Waals surface area contributed by atoms with E-state index in [1.807, 2.05) is 31.2 Å². The molecule has 6 nitrogen and oxygen atoms in total. The number of carbonyl (C=O) groups is 2. The van der Waals surface area contributed by atoms with Crippen LogP contribution in [0.1, 0.15) is 24.5 Å². The lowest BCUT2D eigenvalue weighted by Gasteiger charge is -2.21. The van der Waals surface area contributed by atoms with Crippen LogP contribution in [0.5, 0.6) is 11.5 Å². The Morgan fingerprint density at radius 3 is 2.59 bits per heavy atom. The molecule has 2 aromatic carbocycles. The van der Waals surface area contributed by atoms with Crippen molar-refractivity contribution in [1.82, 2.24) is 4.90 Å². The third-order valence-corrected chi connectivity index (χ3v) is 4.34. The highest BCUT2D eigenvalue weighted by molar-refractivity contribution is 5.91. The van der Waals surface area contributed by atoms with Crippen LogP contribution in [0.15, 0.2) is 42.5 Å². The zero-order valence-corrected chi connectivity index (χ0v) is 15.7. The van der Waals surface area contributed by atoms with Gasteiger partial charge in [0.1, 0.15) is 13.2 Å². The summed E-state index contributed by atoms with van der Waals surface area (Å²) in [6, 6.07) is 13.3. The van der Waals surface area contributed by atoms with Crippen molar-refractivity contribution in [2.45, 2.75) is 26.8 Å². The topological polar surface area (TPSA) is 67.9 Å². The van der Waals surface area contributed by atoms with Crippen molar-refractivity contribution in [3.8, 4) is 11.5 Å². The smallest absolute Gasteiger partial charge is 0.226 e. The minimum atomic E-state index is -0.151. The van der Waals surface area contributed by atoms with Gasteiger partial charge >= 0.3 is 0 Å². The Morgan fingerprint density at radius 2 is 1.85 bits per heavy atom. The maximum Gasteiger partial charge on any atom is 0.226 e. The van der Waals surface area contributed by atoms with Gasteiger partial charge in [0.2, 0.25) is 11.8 Å². The first kappa shape index (κ1) is 18.8.